The van der Waals surface area contributed by atoms with Crippen LogP contribution < -0.4 is 10.2 Å². The van der Waals surface area contributed by atoms with E-state index in [1.165, 1.54) is 12.8 Å². The summed E-state index contributed by atoms with van der Waals surface area (Å²) in [7, 11) is 3.48. The van der Waals surface area contributed by atoms with Gasteiger partial charge in [0.1, 0.15) is 11.6 Å². The topological polar surface area (TPSA) is 68.6 Å². The molecule has 7 heteroatoms. The van der Waals surface area contributed by atoms with Gasteiger partial charge in [0.2, 0.25) is 0 Å². The second kappa shape index (κ2) is 10.5. The molecule has 1 aliphatic heterocycles. The quantitative estimate of drug-likeness (QED) is 0.699. The van der Waals surface area contributed by atoms with Gasteiger partial charge in [-0.05, 0) is 57.1 Å². The van der Waals surface area contributed by atoms with E-state index in [9.17, 15) is 4.79 Å². The third kappa shape index (κ3) is 4.99. The third-order valence-electron chi connectivity index (χ3n) is 6.91. The standard InChI is InChI=1S/C25H36N4O3/c1-18-23(25(30)27-28-14-7-4-8-15-28)26-24(21-12-5-6-13-22(21)32-3)29(18)17-19-10-9-11-20(16-19)31-2/h5-6,12-13,19-20H,4,7-11,14-17H2,1-3H3,(H,27,30). The van der Waals surface area contributed by atoms with E-state index in [0.717, 1.165) is 74.6 Å². The van der Waals surface area contributed by atoms with Gasteiger partial charge in [0, 0.05) is 32.4 Å². The third-order valence-corrected chi connectivity index (χ3v) is 6.91. The maximum absolute atomic E-state index is 13.2. The van der Waals surface area contributed by atoms with E-state index in [0.29, 0.717) is 17.7 Å². The molecular formula is C25H36N4O3. The lowest BCUT2D eigenvalue weighted by atomic mass is 9.87. The molecule has 1 saturated carbocycles. The van der Waals surface area contributed by atoms with E-state index in [2.05, 4.69) is 9.99 Å². The molecular weight excluding hydrogens is 404 g/mol. The minimum atomic E-state index is -0.127. The lowest BCUT2D eigenvalue weighted by Crippen LogP contribution is -2.45. The number of hydrazine groups is 1. The molecule has 4 rings (SSSR count). The Labute approximate surface area is 191 Å². The minimum Gasteiger partial charge on any atom is -0.496 e. The number of benzene rings is 1. The highest BCUT2D eigenvalue weighted by Crippen LogP contribution is 2.34. The van der Waals surface area contributed by atoms with Crippen LogP contribution in [0, 0.1) is 12.8 Å². The molecule has 2 unspecified atom stereocenters. The molecule has 0 spiro atoms. The average Bonchev–Trinajstić information content (AvgIpc) is 3.15. The molecule has 174 valence electrons. The number of hydrogen-bond donors (Lipinski definition) is 1. The Balaban J connectivity index is 1.66. The van der Waals surface area contributed by atoms with Crippen molar-refractivity contribution in [2.75, 3.05) is 27.3 Å². The van der Waals surface area contributed by atoms with Crippen molar-refractivity contribution in [2.24, 2.45) is 5.92 Å². The first kappa shape index (κ1) is 22.8. The van der Waals surface area contributed by atoms with Gasteiger partial charge in [-0.2, -0.15) is 0 Å². The van der Waals surface area contributed by atoms with Crippen LogP contribution in [-0.2, 0) is 11.3 Å². The van der Waals surface area contributed by atoms with Crippen LogP contribution in [0.5, 0.6) is 5.75 Å². The molecule has 2 aromatic rings. The van der Waals surface area contributed by atoms with E-state index >= 15 is 0 Å². The second-order valence-corrected chi connectivity index (χ2v) is 9.06. The van der Waals surface area contributed by atoms with Gasteiger partial charge in [-0.1, -0.05) is 25.0 Å². The van der Waals surface area contributed by atoms with Gasteiger partial charge in [0.25, 0.3) is 5.91 Å². The van der Waals surface area contributed by atoms with Gasteiger partial charge in [-0.3, -0.25) is 10.2 Å². The fourth-order valence-corrected chi connectivity index (χ4v) is 5.09. The number of ether oxygens (including phenoxy) is 2. The van der Waals surface area contributed by atoms with Gasteiger partial charge in [0.15, 0.2) is 5.69 Å². The van der Waals surface area contributed by atoms with E-state index in [4.69, 9.17) is 14.5 Å². The number of amides is 1. The fraction of sp³-hybridized carbons (Fsp3) is 0.600. The largest absolute Gasteiger partial charge is 0.496 e. The maximum Gasteiger partial charge on any atom is 0.286 e. The number of nitrogens with zero attached hydrogens (tertiary/aromatic N) is 3. The van der Waals surface area contributed by atoms with Gasteiger partial charge in [0.05, 0.1) is 18.8 Å². The molecule has 32 heavy (non-hydrogen) atoms. The zero-order chi connectivity index (χ0) is 22.5. The van der Waals surface area contributed by atoms with Crippen molar-refractivity contribution in [2.45, 2.75) is 64.5 Å². The Morgan fingerprint density at radius 2 is 1.91 bits per heavy atom. The Kier molecular flexibility index (Phi) is 7.48. The molecule has 0 bridgehead atoms. The van der Waals surface area contributed by atoms with Crippen molar-refractivity contribution in [3.63, 3.8) is 0 Å². The number of hydrogen-bond acceptors (Lipinski definition) is 5. The van der Waals surface area contributed by atoms with Crippen molar-refractivity contribution in [3.8, 4) is 17.1 Å². The van der Waals surface area contributed by atoms with Crippen molar-refractivity contribution in [1.29, 1.82) is 0 Å². The molecule has 2 heterocycles. The lowest BCUT2D eigenvalue weighted by molar-refractivity contribution is 0.0471. The summed E-state index contributed by atoms with van der Waals surface area (Å²) < 4.78 is 13.5. The molecule has 1 saturated heterocycles. The van der Waals surface area contributed by atoms with Crippen molar-refractivity contribution in [3.05, 3.63) is 35.7 Å². The molecule has 0 radical (unpaired) electrons. The van der Waals surface area contributed by atoms with E-state index in [1.54, 1.807) is 14.2 Å². The highest BCUT2D eigenvalue weighted by Gasteiger charge is 2.28. The van der Waals surface area contributed by atoms with Gasteiger partial charge >= 0.3 is 0 Å². The molecule has 2 atom stereocenters. The molecule has 2 fully saturated rings. The molecule has 1 aromatic heterocycles. The molecule has 1 aromatic carbocycles. The molecule has 1 amide bonds. The number of nitrogens with one attached hydrogen (secondary N) is 1. The van der Waals surface area contributed by atoms with Crippen LogP contribution in [0.25, 0.3) is 11.4 Å². The lowest BCUT2D eigenvalue weighted by Gasteiger charge is -2.29. The SMILES string of the molecule is COc1ccccc1-c1nc(C(=O)NN2CCCCC2)c(C)n1CC1CCCC(OC)C1. The summed E-state index contributed by atoms with van der Waals surface area (Å²) in [6.45, 7) is 4.62. The number of imidazole rings is 1. The van der Waals surface area contributed by atoms with Crippen molar-refractivity contribution in [1.82, 2.24) is 20.0 Å². The van der Waals surface area contributed by atoms with E-state index in [1.807, 2.05) is 36.2 Å². The average molecular weight is 441 g/mol. The van der Waals surface area contributed by atoms with Crippen LogP contribution in [0.4, 0.5) is 0 Å². The van der Waals surface area contributed by atoms with Crippen LogP contribution in [0.1, 0.15) is 61.1 Å². The predicted octanol–water partition coefficient (Wildman–Crippen LogP) is 4.20. The molecule has 1 aliphatic carbocycles. The van der Waals surface area contributed by atoms with Crippen LogP contribution in [0.3, 0.4) is 0 Å². The van der Waals surface area contributed by atoms with E-state index < -0.39 is 0 Å². The van der Waals surface area contributed by atoms with Gasteiger partial charge in [-0.25, -0.2) is 9.99 Å². The first-order valence-corrected chi connectivity index (χ1v) is 11.9. The number of aromatic nitrogens is 2. The Morgan fingerprint density at radius 3 is 2.66 bits per heavy atom. The van der Waals surface area contributed by atoms with Crippen LogP contribution in [-0.4, -0.2) is 53.9 Å². The number of carbonyl (C=O) groups excluding carboxylic acids is 1. The van der Waals surface area contributed by atoms with Gasteiger partial charge in [-0.15, -0.1) is 0 Å². The van der Waals surface area contributed by atoms with Crippen molar-refractivity contribution >= 4 is 5.91 Å². The smallest absolute Gasteiger partial charge is 0.286 e. The summed E-state index contributed by atoms with van der Waals surface area (Å²) in [5.41, 5.74) is 5.39. The summed E-state index contributed by atoms with van der Waals surface area (Å²) >= 11 is 0. The summed E-state index contributed by atoms with van der Waals surface area (Å²) in [5.74, 6) is 1.93. The normalized spacial score (nSPS) is 22.0. The monoisotopic (exact) mass is 440 g/mol. The number of piperidine rings is 1. The van der Waals surface area contributed by atoms with Gasteiger partial charge < -0.3 is 14.0 Å². The zero-order valence-corrected chi connectivity index (χ0v) is 19.6. The highest BCUT2D eigenvalue weighted by atomic mass is 16.5. The molecule has 2 aliphatic rings. The summed E-state index contributed by atoms with van der Waals surface area (Å²) in [6, 6.07) is 7.90. The summed E-state index contributed by atoms with van der Waals surface area (Å²) in [5, 5.41) is 2.03. The Bertz CT molecular complexity index is 920. The van der Waals surface area contributed by atoms with Crippen molar-refractivity contribution < 1.29 is 14.3 Å². The van der Waals surface area contributed by atoms with E-state index in [-0.39, 0.29) is 5.91 Å². The first-order chi connectivity index (χ1) is 15.6. The zero-order valence-electron chi connectivity index (χ0n) is 19.6. The number of methoxy groups -OCH3 is 2. The van der Waals surface area contributed by atoms with Crippen LogP contribution in [0.2, 0.25) is 0 Å². The summed E-state index contributed by atoms with van der Waals surface area (Å²) in [4.78, 5) is 18.1. The maximum atomic E-state index is 13.2. The minimum absolute atomic E-state index is 0.127. The number of para-hydroxylation sites is 1. The second-order valence-electron chi connectivity index (χ2n) is 9.06. The first-order valence-electron chi connectivity index (χ1n) is 11.9. The summed E-state index contributed by atoms with van der Waals surface area (Å²) in [6.07, 6.45) is 8.26. The van der Waals surface area contributed by atoms with Crippen LogP contribution >= 0.6 is 0 Å². The Morgan fingerprint density at radius 1 is 1.12 bits per heavy atom. The fourth-order valence-electron chi connectivity index (χ4n) is 5.09. The molecule has 1 N–H and O–H groups in total. The highest BCUT2D eigenvalue weighted by molar-refractivity contribution is 5.94. The van der Waals surface area contributed by atoms with Crippen LogP contribution in [0.15, 0.2) is 24.3 Å². The molecule has 7 nitrogen and oxygen atoms in total. The Hall–Kier alpha value is -2.38. The number of carbonyl (C=O) groups is 1. The number of rotatable bonds is 7. The predicted molar refractivity (Wildman–Crippen MR) is 125 cm³/mol.